The van der Waals surface area contributed by atoms with Crippen molar-refractivity contribution < 1.29 is 23.5 Å². The maximum Gasteiger partial charge on any atom is 0.247 e. The van der Waals surface area contributed by atoms with Gasteiger partial charge in [-0.2, -0.15) is 0 Å². The topological polar surface area (TPSA) is 112 Å². The Morgan fingerprint density at radius 2 is 1.97 bits per heavy atom. The number of fused-ring (bicyclic) bond motifs is 1. The van der Waals surface area contributed by atoms with Crippen molar-refractivity contribution in [2.45, 2.75) is 38.0 Å². The summed E-state index contributed by atoms with van der Waals surface area (Å²) < 4.78 is 17.9. The number of carbonyl (C=O) groups excluding carboxylic acids is 2. The highest BCUT2D eigenvalue weighted by Crippen LogP contribution is 2.39. The lowest BCUT2D eigenvalue weighted by molar-refractivity contribution is -0.142. The fourth-order valence-electron chi connectivity index (χ4n) is 4.30. The van der Waals surface area contributed by atoms with E-state index < -0.39 is 6.04 Å². The molecule has 4 aromatic rings. The number of nitrogens with zero attached hydrogens (tertiary/aromatic N) is 4. The van der Waals surface area contributed by atoms with Gasteiger partial charge in [0.25, 0.3) is 0 Å². The van der Waals surface area contributed by atoms with Gasteiger partial charge in [0, 0.05) is 17.7 Å². The van der Waals surface area contributed by atoms with Crippen molar-refractivity contribution in [3.63, 3.8) is 0 Å². The number of rotatable bonds is 10. The standard InChI is InChI=1S/C26H27N5O5/c1-34-18-11-12-20(23(14-18)35-2)25(26(33)27-15-19-6-5-13-36-19)31(17-9-10-17)24(32)16-30-22-8-4-3-7-21(22)28-29-30/h3-8,11-14,17,25H,9-10,15-16H2,1-2H3,(H,27,33). The molecule has 2 heterocycles. The van der Waals surface area contributed by atoms with Crippen LogP contribution in [-0.2, 0) is 22.7 Å². The highest BCUT2D eigenvalue weighted by molar-refractivity contribution is 5.90. The zero-order valence-corrected chi connectivity index (χ0v) is 20.1. The third-order valence-corrected chi connectivity index (χ3v) is 6.21. The summed E-state index contributed by atoms with van der Waals surface area (Å²) in [5, 5.41) is 11.2. The minimum absolute atomic E-state index is 0.0442. The van der Waals surface area contributed by atoms with E-state index in [1.807, 2.05) is 24.3 Å². The molecule has 1 atom stereocenters. The van der Waals surface area contributed by atoms with Gasteiger partial charge in [-0.3, -0.25) is 9.59 Å². The Bertz CT molecular complexity index is 1360. The number of hydrogen-bond acceptors (Lipinski definition) is 7. The summed E-state index contributed by atoms with van der Waals surface area (Å²) in [5.41, 5.74) is 2.02. The molecule has 10 nitrogen and oxygen atoms in total. The number of para-hydroxylation sites is 1. The summed E-state index contributed by atoms with van der Waals surface area (Å²) in [4.78, 5) is 29.1. The van der Waals surface area contributed by atoms with E-state index in [4.69, 9.17) is 13.9 Å². The largest absolute Gasteiger partial charge is 0.497 e. The third-order valence-electron chi connectivity index (χ3n) is 6.21. The van der Waals surface area contributed by atoms with Gasteiger partial charge in [-0.25, -0.2) is 4.68 Å². The van der Waals surface area contributed by atoms with Crippen molar-refractivity contribution in [3.05, 3.63) is 72.2 Å². The van der Waals surface area contributed by atoms with Crippen LogP contribution in [0.25, 0.3) is 11.0 Å². The normalized spacial score (nSPS) is 13.8. The van der Waals surface area contributed by atoms with Crippen LogP contribution in [0.5, 0.6) is 11.5 Å². The first-order valence-corrected chi connectivity index (χ1v) is 11.7. The molecule has 2 aromatic carbocycles. The van der Waals surface area contributed by atoms with Gasteiger partial charge in [-0.1, -0.05) is 17.3 Å². The molecule has 1 unspecified atom stereocenters. The molecule has 2 aromatic heterocycles. The van der Waals surface area contributed by atoms with E-state index in [9.17, 15) is 9.59 Å². The van der Waals surface area contributed by atoms with Gasteiger partial charge < -0.3 is 24.1 Å². The van der Waals surface area contributed by atoms with Crippen LogP contribution in [0.2, 0.25) is 0 Å². The van der Waals surface area contributed by atoms with E-state index in [0.717, 1.165) is 18.4 Å². The Morgan fingerprint density at radius 3 is 2.69 bits per heavy atom. The van der Waals surface area contributed by atoms with Gasteiger partial charge in [0.05, 0.1) is 32.5 Å². The summed E-state index contributed by atoms with van der Waals surface area (Å²) in [6.07, 6.45) is 3.17. The Kier molecular flexibility index (Phi) is 6.57. The predicted molar refractivity (Wildman–Crippen MR) is 130 cm³/mol. The van der Waals surface area contributed by atoms with Crippen LogP contribution in [0.3, 0.4) is 0 Å². The molecule has 186 valence electrons. The van der Waals surface area contributed by atoms with Gasteiger partial charge in [0.1, 0.15) is 35.4 Å². The van der Waals surface area contributed by atoms with Crippen LogP contribution >= 0.6 is 0 Å². The maximum atomic E-state index is 13.8. The molecule has 1 aliphatic carbocycles. The monoisotopic (exact) mass is 489 g/mol. The van der Waals surface area contributed by atoms with Crippen molar-refractivity contribution in [3.8, 4) is 11.5 Å². The minimum Gasteiger partial charge on any atom is -0.497 e. The molecule has 10 heteroatoms. The first kappa shape index (κ1) is 23.4. The SMILES string of the molecule is COc1ccc(C(C(=O)NCc2ccco2)N(C(=O)Cn2nnc3ccccc32)C2CC2)c(OC)c1. The number of carbonyl (C=O) groups is 2. The summed E-state index contributed by atoms with van der Waals surface area (Å²) in [5.74, 6) is 1.09. The zero-order chi connectivity index (χ0) is 25.1. The number of ether oxygens (including phenoxy) is 2. The van der Waals surface area contributed by atoms with E-state index >= 15 is 0 Å². The van der Waals surface area contributed by atoms with Crippen LogP contribution < -0.4 is 14.8 Å². The number of amides is 2. The van der Waals surface area contributed by atoms with Crippen molar-refractivity contribution in [2.24, 2.45) is 0 Å². The molecule has 0 spiro atoms. The Labute approximate surface area is 207 Å². The van der Waals surface area contributed by atoms with E-state index in [-0.39, 0.29) is 30.9 Å². The molecule has 5 rings (SSSR count). The van der Waals surface area contributed by atoms with Crippen molar-refractivity contribution in [1.29, 1.82) is 0 Å². The maximum absolute atomic E-state index is 13.8. The van der Waals surface area contributed by atoms with E-state index in [0.29, 0.717) is 28.3 Å². The number of nitrogens with one attached hydrogen (secondary N) is 1. The first-order valence-electron chi connectivity index (χ1n) is 11.7. The summed E-state index contributed by atoms with van der Waals surface area (Å²) in [6, 6.07) is 15.2. The van der Waals surface area contributed by atoms with E-state index in [1.54, 1.807) is 53.3 Å². The van der Waals surface area contributed by atoms with Crippen LogP contribution in [0.4, 0.5) is 0 Å². The molecule has 1 aliphatic rings. The summed E-state index contributed by atoms with van der Waals surface area (Å²) >= 11 is 0. The van der Waals surface area contributed by atoms with Crippen LogP contribution in [-0.4, -0.2) is 52.0 Å². The van der Waals surface area contributed by atoms with Crippen LogP contribution in [0, 0.1) is 0 Å². The van der Waals surface area contributed by atoms with E-state index in [1.165, 1.54) is 7.11 Å². The average molecular weight is 490 g/mol. The lowest BCUT2D eigenvalue weighted by Crippen LogP contribution is -2.46. The number of benzene rings is 2. The fraction of sp³-hybridized carbons (Fsp3) is 0.308. The zero-order valence-electron chi connectivity index (χ0n) is 20.1. The summed E-state index contributed by atoms with van der Waals surface area (Å²) in [6.45, 7) is 0.151. The minimum atomic E-state index is -0.921. The average Bonchev–Trinajstić information content (AvgIpc) is 3.44. The molecule has 0 bridgehead atoms. The number of hydrogen-bond donors (Lipinski definition) is 1. The quantitative estimate of drug-likeness (QED) is 0.364. The second-order valence-corrected chi connectivity index (χ2v) is 8.58. The molecule has 2 amide bonds. The molecule has 1 N–H and O–H groups in total. The highest BCUT2D eigenvalue weighted by atomic mass is 16.5. The predicted octanol–water partition coefficient (Wildman–Crippen LogP) is 3.09. The van der Waals surface area contributed by atoms with Crippen LogP contribution in [0.15, 0.2) is 65.3 Å². The number of methoxy groups -OCH3 is 2. The fourth-order valence-corrected chi connectivity index (χ4v) is 4.30. The van der Waals surface area contributed by atoms with Crippen LogP contribution in [0.1, 0.15) is 30.2 Å². The number of aromatic nitrogens is 3. The Morgan fingerprint density at radius 1 is 1.14 bits per heavy atom. The molecule has 1 fully saturated rings. The lowest BCUT2D eigenvalue weighted by Gasteiger charge is -2.32. The highest BCUT2D eigenvalue weighted by Gasteiger charge is 2.42. The second kappa shape index (κ2) is 10.1. The lowest BCUT2D eigenvalue weighted by atomic mass is 10.0. The van der Waals surface area contributed by atoms with Gasteiger partial charge in [-0.15, -0.1) is 5.10 Å². The number of furan rings is 1. The molecular weight excluding hydrogens is 462 g/mol. The first-order chi connectivity index (χ1) is 17.6. The molecule has 1 saturated carbocycles. The molecular formula is C26H27N5O5. The Balaban J connectivity index is 1.50. The van der Waals surface area contributed by atoms with Crippen molar-refractivity contribution >= 4 is 22.8 Å². The van der Waals surface area contributed by atoms with Crippen molar-refractivity contribution in [2.75, 3.05) is 14.2 Å². The third kappa shape index (κ3) is 4.74. The van der Waals surface area contributed by atoms with Gasteiger partial charge in [0.2, 0.25) is 11.8 Å². The molecule has 36 heavy (non-hydrogen) atoms. The molecule has 0 radical (unpaired) electrons. The molecule has 0 aliphatic heterocycles. The smallest absolute Gasteiger partial charge is 0.247 e. The molecule has 0 saturated heterocycles. The van der Waals surface area contributed by atoms with Gasteiger partial charge in [0.15, 0.2) is 0 Å². The van der Waals surface area contributed by atoms with Gasteiger partial charge >= 0.3 is 0 Å². The Hall–Kier alpha value is -4.34. The van der Waals surface area contributed by atoms with Gasteiger partial charge in [-0.05, 0) is 49.2 Å². The van der Waals surface area contributed by atoms with Crippen molar-refractivity contribution in [1.82, 2.24) is 25.2 Å². The summed E-state index contributed by atoms with van der Waals surface area (Å²) in [7, 11) is 3.09. The second-order valence-electron chi connectivity index (χ2n) is 8.58. The van der Waals surface area contributed by atoms with E-state index in [2.05, 4.69) is 15.6 Å².